The minimum Gasteiger partial charge on any atom is -0.312 e. The summed E-state index contributed by atoms with van der Waals surface area (Å²) in [5, 5.41) is 4.75. The highest BCUT2D eigenvalue weighted by Gasteiger charge is 2.12. The number of hydrogen-bond acceptors (Lipinski definition) is 3. The van der Waals surface area contributed by atoms with E-state index in [1.165, 1.54) is 21.0 Å². The molecule has 120 valence electrons. The summed E-state index contributed by atoms with van der Waals surface area (Å²) < 4.78 is 0. The Morgan fingerprint density at radius 1 is 1.14 bits per heavy atom. The third-order valence-electron chi connectivity index (χ3n) is 3.69. The Morgan fingerprint density at radius 2 is 1.77 bits per heavy atom. The number of nitrogens with one attached hydrogen (secondary N) is 1. The molecule has 1 heterocycles. The van der Waals surface area contributed by atoms with Crippen LogP contribution in [-0.2, 0) is 6.42 Å². The fraction of sp³-hybridized carbons (Fsp3) is 0.526. The minimum absolute atomic E-state index is 0.168. The van der Waals surface area contributed by atoms with E-state index < -0.39 is 0 Å². The van der Waals surface area contributed by atoms with Gasteiger partial charge in [-0.1, -0.05) is 38.1 Å². The number of aryl methyl sites for hydroxylation is 1. The summed E-state index contributed by atoms with van der Waals surface area (Å²) in [5.74, 6) is 0.574. The summed E-state index contributed by atoms with van der Waals surface area (Å²) >= 11 is 1.82. The van der Waals surface area contributed by atoms with Gasteiger partial charge in [-0.05, 0) is 39.2 Å². The minimum atomic E-state index is 0.168. The lowest BCUT2D eigenvalue weighted by atomic mass is 10.0. The molecule has 2 rings (SSSR count). The normalized spacial score (nSPS) is 12.1. The molecule has 2 aromatic rings. The van der Waals surface area contributed by atoms with Gasteiger partial charge in [-0.2, -0.15) is 0 Å². The Morgan fingerprint density at radius 3 is 2.32 bits per heavy atom. The summed E-state index contributed by atoms with van der Waals surface area (Å²) in [6, 6.07) is 8.85. The highest BCUT2D eigenvalue weighted by atomic mass is 32.1. The highest BCUT2D eigenvalue weighted by Crippen LogP contribution is 2.29. The summed E-state index contributed by atoms with van der Waals surface area (Å²) in [7, 11) is 0. The van der Waals surface area contributed by atoms with Crippen LogP contribution in [0.5, 0.6) is 0 Å². The molecule has 0 fully saturated rings. The van der Waals surface area contributed by atoms with Crippen molar-refractivity contribution >= 4 is 11.3 Å². The third-order valence-corrected chi connectivity index (χ3v) is 4.72. The van der Waals surface area contributed by atoms with Crippen molar-refractivity contribution in [3.63, 3.8) is 0 Å². The zero-order valence-electron chi connectivity index (χ0n) is 14.7. The molecule has 0 bridgehead atoms. The number of benzene rings is 1. The maximum atomic E-state index is 4.85. The number of hydrogen-bond donors (Lipinski definition) is 1. The standard InChI is InChI=1S/C19H28N2S/c1-13(2)15-7-9-16(10-8-15)18-14(3)22-17(21-18)11-12-20-19(4,5)6/h7-10,13,20H,11-12H2,1-6H3. The molecule has 0 aliphatic carbocycles. The predicted molar refractivity (Wildman–Crippen MR) is 97.8 cm³/mol. The van der Waals surface area contributed by atoms with Gasteiger partial charge in [0.25, 0.3) is 0 Å². The van der Waals surface area contributed by atoms with E-state index in [4.69, 9.17) is 4.98 Å². The monoisotopic (exact) mass is 316 g/mol. The van der Waals surface area contributed by atoms with Gasteiger partial charge in [0.1, 0.15) is 0 Å². The lowest BCUT2D eigenvalue weighted by molar-refractivity contribution is 0.429. The lowest BCUT2D eigenvalue weighted by Gasteiger charge is -2.19. The quantitative estimate of drug-likeness (QED) is 0.823. The van der Waals surface area contributed by atoms with Crippen molar-refractivity contribution in [2.45, 2.75) is 59.4 Å². The van der Waals surface area contributed by atoms with Crippen LogP contribution < -0.4 is 5.32 Å². The summed E-state index contributed by atoms with van der Waals surface area (Å²) in [6.07, 6.45) is 0.993. The first-order valence-electron chi connectivity index (χ1n) is 8.08. The van der Waals surface area contributed by atoms with E-state index in [1.807, 2.05) is 11.3 Å². The second kappa shape index (κ2) is 6.93. The van der Waals surface area contributed by atoms with Crippen LogP contribution in [0, 0.1) is 6.92 Å². The first kappa shape index (κ1) is 17.2. The van der Waals surface area contributed by atoms with Crippen LogP contribution in [0.1, 0.15) is 56.0 Å². The van der Waals surface area contributed by atoms with E-state index in [0.717, 1.165) is 18.7 Å². The Balaban J connectivity index is 2.09. The number of thiazole rings is 1. The van der Waals surface area contributed by atoms with E-state index in [1.54, 1.807) is 0 Å². The van der Waals surface area contributed by atoms with E-state index >= 15 is 0 Å². The maximum Gasteiger partial charge on any atom is 0.0948 e. The summed E-state index contributed by atoms with van der Waals surface area (Å²) in [6.45, 7) is 14.2. The van der Waals surface area contributed by atoms with E-state index in [9.17, 15) is 0 Å². The van der Waals surface area contributed by atoms with Gasteiger partial charge >= 0.3 is 0 Å². The molecule has 0 amide bonds. The van der Waals surface area contributed by atoms with Crippen LogP contribution in [0.4, 0.5) is 0 Å². The fourth-order valence-corrected chi connectivity index (χ4v) is 3.35. The SMILES string of the molecule is Cc1sc(CCNC(C)(C)C)nc1-c1ccc(C(C)C)cc1. The zero-order chi connectivity index (χ0) is 16.3. The maximum absolute atomic E-state index is 4.85. The molecule has 0 atom stereocenters. The molecule has 1 N–H and O–H groups in total. The zero-order valence-corrected chi connectivity index (χ0v) is 15.5. The van der Waals surface area contributed by atoms with Crippen molar-refractivity contribution in [3.8, 4) is 11.3 Å². The van der Waals surface area contributed by atoms with Crippen LogP contribution >= 0.6 is 11.3 Å². The van der Waals surface area contributed by atoms with Gasteiger partial charge in [0.2, 0.25) is 0 Å². The van der Waals surface area contributed by atoms with E-state index in [2.05, 4.69) is 71.1 Å². The first-order valence-corrected chi connectivity index (χ1v) is 8.89. The second-order valence-corrected chi connectivity index (χ2v) is 8.50. The molecule has 2 nitrogen and oxygen atoms in total. The molecule has 0 aliphatic rings. The van der Waals surface area contributed by atoms with Gasteiger partial charge in [0.15, 0.2) is 0 Å². The number of aromatic nitrogens is 1. The molecule has 0 saturated carbocycles. The molecule has 3 heteroatoms. The fourth-order valence-electron chi connectivity index (χ4n) is 2.40. The number of nitrogens with zero attached hydrogens (tertiary/aromatic N) is 1. The van der Waals surface area contributed by atoms with Gasteiger partial charge in [-0.3, -0.25) is 0 Å². The Labute approximate surface area is 139 Å². The highest BCUT2D eigenvalue weighted by molar-refractivity contribution is 7.12. The molecule has 1 aromatic heterocycles. The number of rotatable bonds is 5. The molecule has 0 aliphatic heterocycles. The summed E-state index contributed by atoms with van der Waals surface area (Å²) in [5.41, 5.74) is 3.92. The molecular weight excluding hydrogens is 288 g/mol. The third kappa shape index (κ3) is 4.65. The Hall–Kier alpha value is -1.19. The van der Waals surface area contributed by atoms with Crippen molar-refractivity contribution in [1.29, 1.82) is 0 Å². The molecule has 0 spiro atoms. The molecule has 22 heavy (non-hydrogen) atoms. The van der Waals surface area contributed by atoms with Gasteiger partial charge in [0.05, 0.1) is 10.7 Å². The van der Waals surface area contributed by atoms with Gasteiger partial charge in [0, 0.05) is 28.9 Å². The smallest absolute Gasteiger partial charge is 0.0948 e. The van der Waals surface area contributed by atoms with Crippen LogP contribution in [0.3, 0.4) is 0 Å². The lowest BCUT2D eigenvalue weighted by Crippen LogP contribution is -2.37. The van der Waals surface area contributed by atoms with E-state index in [-0.39, 0.29) is 5.54 Å². The van der Waals surface area contributed by atoms with E-state index in [0.29, 0.717) is 5.92 Å². The molecule has 1 aromatic carbocycles. The molecule has 0 radical (unpaired) electrons. The first-order chi connectivity index (χ1) is 10.3. The molecule has 0 saturated heterocycles. The van der Waals surface area contributed by atoms with Crippen LogP contribution in [-0.4, -0.2) is 17.1 Å². The average Bonchev–Trinajstić information content (AvgIpc) is 2.78. The van der Waals surface area contributed by atoms with Crippen LogP contribution in [0.2, 0.25) is 0 Å². The molecule has 0 unspecified atom stereocenters. The Bertz CT molecular complexity index is 603. The van der Waals surface area contributed by atoms with Crippen molar-refractivity contribution in [2.75, 3.05) is 6.54 Å². The van der Waals surface area contributed by atoms with Crippen LogP contribution in [0.25, 0.3) is 11.3 Å². The van der Waals surface area contributed by atoms with Gasteiger partial charge < -0.3 is 5.32 Å². The predicted octanol–water partition coefficient (Wildman–Crippen LogP) is 5.17. The second-order valence-electron chi connectivity index (χ2n) is 7.22. The van der Waals surface area contributed by atoms with Crippen molar-refractivity contribution < 1.29 is 0 Å². The Kier molecular flexibility index (Phi) is 5.41. The summed E-state index contributed by atoms with van der Waals surface area (Å²) in [4.78, 5) is 6.16. The van der Waals surface area contributed by atoms with Crippen molar-refractivity contribution in [2.24, 2.45) is 0 Å². The topological polar surface area (TPSA) is 24.9 Å². The van der Waals surface area contributed by atoms with Crippen molar-refractivity contribution in [1.82, 2.24) is 10.3 Å². The average molecular weight is 317 g/mol. The largest absolute Gasteiger partial charge is 0.312 e. The van der Waals surface area contributed by atoms with Crippen LogP contribution in [0.15, 0.2) is 24.3 Å². The molecular formula is C19H28N2S. The van der Waals surface area contributed by atoms with Gasteiger partial charge in [-0.15, -0.1) is 11.3 Å². The van der Waals surface area contributed by atoms with Gasteiger partial charge in [-0.25, -0.2) is 4.98 Å². The van der Waals surface area contributed by atoms with Crippen molar-refractivity contribution in [3.05, 3.63) is 39.7 Å².